The number of fused-ring (bicyclic) bond motifs is 1. The molecule has 0 radical (unpaired) electrons. The number of benzene rings is 2. The lowest BCUT2D eigenvalue weighted by Crippen LogP contribution is -2.16. The summed E-state index contributed by atoms with van der Waals surface area (Å²) in [4.78, 5) is 0. The van der Waals surface area contributed by atoms with E-state index in [9.17, 15) is 8.42 Å². The molecule has 23 heavy (non-hydrogen) atoms. The molecule has 0 saturated carbocycles. The molecule has 1 N–H and O–H groups in total. The Hall–Kier alpha value is -2.54. The summed E-state index contributed by atoms with van der Waals surface area (Å²) in [6, 6.07) is 12.4. The van der Waals surface area contributed by atoms with Gasteiger partial charge in [-0.3, -0.25) is 4.72 Å². The Morgan fingerprint density at radius 2 is 2.00 bits per heavy atom. The largest absolute Gasteiger partial charge is 0.495 e. The van der Waals surface area contributed by atoms with E-state index >= 15 is 0 Å². The van der Waals surface area contributed by atoms with E-state index in [1.807, 2.05) is 25.1 Å². The van der Waals surface area contributed by atoms with Crippen molar-refractivity contribution in [3.8, 4) is 5.75 Å². The minimum absolute atomic E-state index is 0.277. The maximum Gasteiger partial charge on any atom is 0.238 e. The Labute approximate surface area is 134 Å². The maximum absolute atomic E-state index is 12.4. The topological polar surface area (TPSA) is 81.4 Å². The number of hydrogen-bond donors (Lipinski definition) is 1. The van der Waals surface area contributed by atoms with Gasteiger partial charge in [-0.2, -0.15) is 0 Å². The first-order valence-corrected chi connectivity index (χ1v) is 8.62. The summed E-state index contributed by atoms with van der Waals surface area (Å²) in [5.74, 6) is 0.186. The minimum Gasteiger partial charge on any atom is -0.495 e. The van der Waals surface area contributed by atoms with Crippen LogP contribution in [0.5, 0.6) is 5.75 Å². The van der Waals surface area contributed by atoms with Crippen molar-refractivity contribution in [2.45, 2.75) is 12.7 Å². The van der Waals surface area contributed by atoms with E-state index < -0.39 is 10.0 Å². The fraction of sp³-hybridized carbons (Fsp3) is 0.188. The van der Waals surface area contributed by atoms with Gasteiger partial charge in [0.25, 0.3) is 0 Å². The summed E-state index contributed by atoms with van der Waals surface area (Å²) in [7, 11) is -2.16. The quantitative estimate of drug-likeness (QED) is 0.776. The molecule has 6 nitrogen and oxygen atoms in total. The molecule has 7 heteroatoms. The zero-order valence-corrected chi connectivity index (χ0v) is 13.6. The van der Waals surface area contributed by atoms with E-state index in [0.29, 0.717) is 28.1 Å². The Bertz CT molecular complexity index is 948. The van der Waals surface area contributed by atoms with Crippen molar-refractivity contribution in [1.29, 1.82) is 0 Å². The minimum atomic E-state index is -3.65. The van der Waals surface area contributed by atoms with Crippen LogP contribution in [0.25, 0.3) is 11.0 Å². The van der Waals surface area contributed by atoms with E-state index in [4.69, 9.17) is 9.26 Å². The number of anilines is 1. The molecule has 2 aromatic carbocycles. The average molecular weight is 332 g/mol. The van der Waals surface area contributed by atoms with E-state index in [1.54, 1.807) is 24.3 Å². The average Bonchev–Trinajstić information content (AvgIpc) is 2.90. The third-order valence-electron chi connectivity index (χ3n) is 3.40. The zero-order chi connectivity index (χ0) is 16.4. The summed E-state index contributed by atoms with van der Waals surface area (Å²) in [5, 5.41) is 4.55. The van der Waals surface area contributed by atoms with Crippen molar-refractivity contribution >= 4 is 26.7 Å². The van der Waals surface area contributed by atoms with Crippen molar-refractivity contribution in [2.24, 2.45) is 0 Å². The van der Waals surface area contributed by atoms with Gasteiger partial charge in [0, 0.05) is 5.39 Å². The van der Waals surface area contributed by atoms with Crippen LogP contribution in [0.2, 0.25) is 0 Å². The van der Waals surface area contributed by atoms with E-state index in [1.165, 1.54) is 7.11 Å². The highest BCUT2D eigenvalue weighted by molar-refractivity contribution is 7.91. The van der Waals surface area contributed by atoms with Crippen molar-refractivity contribution in [1.82, 2.24) is 5.16 Å². The van der Waals surface area contributed by atoms with Gasteiger partial charge in [-0.1, -0.05) is 23.4 Å². The molecule has 3 aromatic rings. The predicted molar refractivity (Wildman–Crippen MR) is 88.0 cm³/mol. The van der Waals surface area contributed by atoms with Crippen LogP contribution in [0.1, 0.15) is 11.3 Å². The van der Waals surface area contributed by atoms with E-state index in [0.717, 1.165) is 5.56 Å². The van der Waals surface area contributed by atoms with Gasteiger partial charge >= 0.3 is 0 Å². The summed E-state index contributed by atoms with van der Waals surface area (Å²) in [6.07, 6.45) is 0. The molecule has 1 aromatic heterocycles. The smallest absolute Gasteiger partial charge is 0.238 e. The summed E-state index contributed by atoms with van der Waals surface area (Å²) in [6.45, 7) is 1.88. The van der Waals surface area contributed by atoms with E-state index in [2.05, 4.69) is 9.88 Å². The molecule has 1 heterocycles. The number of hydrogen-bond acceptors (Lipinski definition) is 5. The van der Waals surface area contributed by atoms with Gasteiger partial charge in [0.15, 0.2) is 5.58 Å². The van der Waals surface area contributed by atoms with Crippen molar-refractivity contribution < 1.29 is 17.7 Å². The normalized spacial score (nSPS) is 11.6. The monoisotopic (exact) mass is 332 g/mol. The molecule has 0 amide bonds. The molecule has 0 bridgehead atoms. The highest BCUT2D eigenvalue weighted by Crippen LogP contribution is 2.27. The Morgan fingerprint density at radius 3 is 2.78 bits per heavy atom. The molecule has 120 valence electrons. The summed E-state index contributed by atoms with van der Waals surface area (Å²) >= 11 is 0. The first-order chi connectivity index (χ1) is 11.0. The molecule has 0 fully saturated rings. The number of nitrogens with zero attached hydrogens (tertiary/aromatic N) is 1. The van der Waals surface area contributed by atoms with Crippen molar-refractivity contribution in [3.05, 3.63) is 53.7 Å². The predicted octanol–water partition coefficient (Wildman–Crippen LogP) is 3.09. The third-order valence-corrected chi connectivity index (χ3v) is 4.58. The molecular weight excluding hydrogens is 316 g/mol. The molecule has 0 aliphatic heterocycles. The molecule has 3 rings (SSSR count). The van der Waals surface area contributed by atoms with Crippen LogP contribution in [0, 0.1) is 6.92 Å². The van der Waals surface area contributed by atoms with Crippen molar-refractivity contribution in [2.75, 3.05) is 11.8 Å². The summed E-state index contributed by atoms with van der Waals surface area (Å²) < 4.78 is 37.8. The van der Waals surface area contributed by atoms with Crippen LogP contribution in [0.15, 0.2) is 47.0 Å². The van der Waals surface area contributed by atoms with Gasteiger partial charge in [0.1, 0.15) is 17.2 Å². The maximum atomic E-state index is 12.4. The zero-order valence-electron chi connectivity index (χ0n) is 12.7. The number of methoxy groups -OCH3 is 1. The third kappa shape index (κ3) is 3.29. The standard InChI is InChI=1S/C16H16N2O4S/c1-11-7-8-16(21-2)13(9-11)18-23(19,20)10-14-12-5-3-4-6-15(12)22-17-14/h3-9,18H,10H2,1-2H3. The van der Waals surface area contributed by atoms with Crippen molar-refractivity contribution in [3.63, 3.8) is 0 Å². The van der Waals surface area contributed by atoms with Gasteiger partial charge in [-0.15, -0.1) is 0 Å². The highest BCUT2D eigenvalue weighted by atomic mass is 32.2. The highest BCUT2D eigenvalue weighted by Gasteiger charge is 2.19. The van der Waals surface area contributed by atoms with Gasteiger partial charge < -0.3 is 9.26 Å². The van der Waals surface area contributed by atoms with Gasteiger partial charge in [-0.25, -0.2) is 8.42 Å². The summed E-state index contributed by atoms with van der Waals surface area (Å²) in [5.41, 5.74) is 2.27. The number of ether oxygens (including phenoxy) is 1. The Kier molecular flexibility index (Phi) is 3.96. The lowest BCUT2D eigenvalue weighted by Gasteiger charge is -2.12. The molecule has 0 atom stereocenters. The van der Waals surface area contributed by atoms with Crippen LogP contribution in [-0.4, -0.2) is 20.7 Å². The van der Waals surface area contributed by atoms with Gasteiger partial charge in [-0.05, 0) is 36.8 Å². The molecule has 0 aliphatic carbocycles. The number of nitrogens with one attached hydrogen (secondary N) is 1. The van der Waals surface area contributed by atoms with Gasteiger partial charge in [0.2, 0.25) is 10.0 Å². The lowest BCUT2D eigenvalue weighted by atomic mass is 10.2. The fourth-order valence-electron chi connectivity index (χ4n) is 2.33. The van der Waals surface area contributed by atoms with Crippen LogP contribution in [-0.2, 0) is 15.8 Å². The molecule has 0 spiro atoms. The first kappa shape index (κ1) is 15.4. The number of aryl methyl sites for hydroxylation is 1. The molecule has 0 aliphatic rings. The van der Waals surface area contributed by atoms with Crippen LogP contribution < -0.4 is 9.46 Å². The molecule has 0 saturated heterocycles. The van der Waals surface area contributed by atoms with E-state index in [-0.39, 0.29) is 5.75 Å². The Morgan fingerprint density at radius 1 is 1.22 bits per heavy atom. The van der Waals surface area contributed by atoms with Crippen LogP contribution >= 0.6 is 0 Å². The number of para-hydroxylation sites is 1. The Balaban J connectivity index is 1.89. The first-order valence-electron chi connectivity index (χ1n) is 6.97. The SMILES string of the molecule is COc1ccc(C)cc1NS(=O)(=O)Cc1noc2ccccc12. The number of aromatic nitrogens is 1. The second kappa shape index (κ2) is 5.92. The van der Waals surface area contributed by atoms with Gasteiger partial charge in [0.05, 0.1) is 12.8 Å². The number of rotatable bonds is 5. The van der Waals surface area contributed by atoms with Crippen LogP contribution in [0.3, 0.4) is 0 Å². The second-order valence-electron chi connectivity index (χ2n) is 5.19. The second-order valence-corrected chi connectivity index (χ2v) is 6.91. The number of sulfonamides is 1. The molecular formula is C16H16N2O4S. The molecule has 0 unspecified atom stereocenters. The lowest BCUT2D eigenvalue weighted by molar-refractivity contribution is 0.417. The fourth-order valence-corrected chi connectivity index (χ4v) is 3.46. The van der Waals surface area contributed by atoms with Crippen LogP contribution in [0.4, 0.5) is 5.69 Å².